The van der Waals surface area contributed by atoms with Crippen LogP contribution in [0.2, 0.25) is 0 Å². The fraction of sp³-hybridized carbons (Fsp3) is 0.667. The number of aromatic hydroxyl groups is 1. The lowest BCUT2D eigenvalue weighted by Crippen LogP contribution is -2.47. The van der Waals surface area contributed by atoms with Crippen LogP contribution in [0.3, 0.4) is 0 Å². The normalized spacial score (nSPS) is 29.0. The van der Waals surface area contributed by atoms with Gasteiger partial charge in [-0.1, -0.05) is 6.92 Å². The van der Waals surface area contributed by atoms with Crippen molar-refractivity contribution in [3.05, 3.63) is 28.3 Å². The van der Waals surface area contributed by atoms with Crippen LogP contribution in [0.1, 0.15) is 38.4 Å². The Morgan fingerprint density at radius 1 is 1.40 bits per heavy atom. The molecule has 3 heterocycles. The fourth-order valence-corrected chi connectivity index (χ4v) is 3.55. The van der Waals surface area contributed by atoms with E-state index in [4.69, 9.17) is 4.42 Å². The van der Waals surface area contributed by atoms with Gasteiger partial charge in [-0.25, -0.2) is 0 Å². The van der Waals surface area contributed by atoms with Crippen LogP contribution < -0.4 is 10.7 Å². The highest BCUT2D eigenvalue weighted by Gasteiger charge is 2.35. The Morgan fingerprint density at radius 2 is 2.10 bits per heavy atom. The fourth-order valence-electron chi connectivity index (χ4n) is 3.55. The lowest BCUT2D eigenvalue weighted by molar-refractivity contribution is 0.130. The quantitative estimate of drug-likeness (QED) is 0.872. The van der Waals surface area contributed by atoms with Gasteiger partial charge in [0.15, 0.2) is 5.75 Å². The SMILES string of the molecule is CCN(Cc1cc(=O)c(O)co1)C1CC2CCC(C1)N2. The van der Waals surface area contributed by atoms with Crippen molar-refractivity contribution in [1.82, 2.24) is 10.2 Å². The predicted octanol–water partition coefficient (Wildman–Crippen LogP) is 1.45. The average molecular weight is 278 g/mol. The molecule has 2 atom stereocenters. The molecule has 2 bridgehead atoms. The third kappa shape index (κ3) is 2.74. The Balaban J connectivity index is 1.70. The number of piperidine rings is 1. The van der Waals surface area contributed by atoms with Crippen LogP contribution in [0.4, 0.5) is 0 Å². The standard InChI is InChI=1S/C15H22N2O3/c1-2-17(8-13-7-14(18)15(19)9-20-13)12-5-10-3-4-11(6-12)16-10/h7,9-12,16,19H,2-6,8H2,1H3. The minimum atomic E-state index is -0.368. The summed E-state index contributed by atoms with van der Waals surface area (Å²) in [4.78, 5) is 13.8. The van der Waals surface area contributed by atoms with Gasteiger partial charge in [-0.2, -0.15) is 0 Å². The van der Waals surface area contributed by atoms with E-state index in [-0.39, 0.29) is 11.2 Å². The molecule has 0 saturated carbocycles. The molecule has 3 rings (SSSR count). The maximum atomic E-state index is 11.5. The lowest BCUT2D eigenvalue weighted by atomic mass is 9.98. The summed E-state index contributed by atoms with van der Waals surface area (Å²) < 4.78 is 5.32. The van der Waals surface area contributed by atoms with E-state index in [9.17, 15) is 9.90 Å². The molecule has 2 aliphatic rings. The molecule has 1 aromatic rings. The smallest absolute Gasteiger partial charge is 0.226 e. The summed E-state index contributed by atoms with van der Waals surface area (Å²) in [7, 11) is 0. The maximum Gasteiger partial charge on any atom is 0.226 e. The van der Waals surface area contributed by atoms with Crippen molar-refractivity contribution >= 4 is 0 Å². The highest BCUT2D eigenvalue weighted by atomic mass is 16.4. The van der Waals surface area contributed by atoms with Crippen LogP contribution in [-0.2, 0) is 6.54 Å². The molecule has 2 fully saturated rings. The van der Waals surface area contributed by atoms with E-state index in [1.165, 1.54) is 31.7 Å². The zero-order valence-corrected chi connectivity index (χ0v) is 11.8. The first-order valence-electron chi connectivity index (χ1n) is 7.46. The van der Waals surface area contributed by atoms with Crippen molar-refractivity contribution in [1.29, 1.82) is 0 Å². The van der Waals surface area contributed by atoms with Crippen LogP contribution >= 0.6 is 0 Å². The highest BCUT2D eigenvalue weighted by Crippen LogP contribution is 2.30. The van der Waals surface area contributed by atoms with Gasteiger partial charge >= 0.3 is 0 Å². The number of nitrogens with one attached hydrogen (secondary N) is 1. The average Bonchev–Trinajstić information content (AvgIpc) is 2.78. The maximum absolute atomic E-state index is 11.5. The van der Waals surface area contributed by atoms with Crippen molar-refractivity contribution in [2.24, 2.45) is 0 Å². The van der Waals surface area contributed by atoms with Gasteiger partial charge in [0, 0.05) is 24.2 Å². The van der Waals surface area contributed by atoms with Gasteiger partial charge < -0.3 is 14.8 Å². The van der Waals surface area contributed by atoms with E-state index in [0.717, 1.165) is 12.8 Å². The first-order valence-corrected chi connectivity index (χ1v) is 7.46. The Labute approximate surface area is 118 Å². The van der Waals surface area contributed by atoms with Crippen LogP contribution in [0.15, 0.2) is 21.5 Å². The summed E-state index contributed by atoms with van der Waals surface area (Å²) in [6, 6.07) is 3.25. The second-order valence-electron chi connectivity index (χ2n) is 5.92. The van der Waals surface area contributed by atoms with Crippen LogP contribution in [0.5, 0.6) is 5.75 Å². The third-order valence-electron chi connectivity index (χ3n) is 4.60. The van der Waals surface area contributed by atoms with Gasteiger partial charge in [-0.15, -0.1) is 0 Å². The highest BCUT2D eigenvalue weighted by molar-refractivity contribution is 5.15. The van der Waals surface area contributed by atoms with E-state index in [1.54, 1.807) is 0 Å². The van der Waals surface area contributed by atoms with Crippen molar-refractivity contribution in [3.8, 4) is 5.75 Å². The van der Waals surface area contributed by atoms with Crippen molar-refractivity contribution in [3.63, 3.8) is 0 Å². The molecule has 5 heteroatoms. The summed E-state index contributed by atoms with van der Waals surface area (Å²) in [5, 5.41) is 12.9. The molecule has 1 aromatic heterocycles. The summed E-state index contributed by atoms with van der Waals surface area (Å²) in [6.45, 7) is 3.72. The van der Waals surface area contributed by atoms with Gasteiger partial charge in [0.05, 0.1) is 6.54 Å². The molecule has 2 aliphatic heterocycles. The molecule has 2 saturated heterocycles. The predicted molar refractivity (Wildman–Crippen MR) is 75.7 cm³/mol. The molecular formula is C15H22N2O3. The van der Waals surface area contributed by atoms with Crippen LogP contribution in [0.25, 0.3) is 0 Å². The number of nitrogens with zero attached hydrogens (tertiary/aromatic N) is 1. The van der Waals surface area contributed by atoms with Gasteiger partial charge in [-0.3, -0.25) is 9.69 Å². The summed E-state index contributed by atoms with van der Waals surface area (Å²) in [5.74, 6) is 0.303. The first kappa shape index (κ1) is 13.6. The molecule has 0 amide bonds. The van der Waals surface area contributed by atoms with E-state index in [2.05, 4.69) is 17.1 Å². The second-order valence-corrected chi connectivity index (χ2v) is 5.92. The third-order valence-corrected chi connectivity index (χ3v) is 4.60. The molecule has 0 aliphatic carbocycles. The number of hydrogen-bond acceptors (Lipinski definition) is 5. The molecule has 0 spiro atoms. The van der Waals surface area contributed by atoms with E-state index < -0.39 is 0 Å². The number of hydrogen-bond donors (Lipinski definition) is 2. The zero-order valence-electron chi connectivity index (χ0n) is 11.8. The lowest BCUT2D eigenvalue weighted by Gasteiger charge is -2.37. The number of rotatable bonds is 4. The van der Waals surface area contributed by atoms with E-state index in [0.29, 0.717) is 30.4 Å². The Kier molecular flexibility index (Phi) is 3.81. The van der Waals surface area contributed by atoms with Crippen molar-refractivity contribution < 1.29 is 9.52 Å². The molecular weight excluding hydrogens is 256 g/mol. The first-order chi connectivity index (χ1) is 9.65. The minimum absolute atomic E-state index is 0.322. The molecule has 110 valence electrons. The number of fused-ring (bicyclic) bond motifs is 2. The molecule has 0 aromatic carbocycles. The monoisotopic (exact) mass is 278 g/mol. The van der Waals surface area contributed by atoms with Gasteiger partial charge in [-0.05, 0) is 32.2 Å². The van der Waals surface area contributed by atoms with Crippen molar-refractivity contribution in [2.75, 3.05) is 6.54 Å². The van der Waals surface area contributed by atoms with E-state index >= 15 is 0 Å². The minimum Gasteiger partial charge on any atom is -0.502 e. The van der Waals surface area contributed by atoms with Crippen LogP contribution in [0, 0.1) is 0 Å². The molecule has 5 nitrogen and oxygen atoms in total. The van der Waals surface area contributed by atoms with Gasteiger partial charge in [0.1, 0.15) is 12.0 Å². The van der Waals surface area contributed by atoms with Crippen LogP contribution in [-0.4, -0.2) is 34.7 Å². The Morgan fingerprint density at radius 3 is 2.70 bits per heavy atom. The molecule has 20 heavy (non-hydrogen) atoms. The summed E-state index contributed by atoms with van der Waals surface area (Å²) >= 11 is 0. The zero-order chi connectivity index (χ0) is 14.1. The Bertz CT molecular complexity index is 516. The summed E-state index contributed by atoms with van der Waals surface area (Å²) in [5.41, 5.74) is -0.368. The second kappa shape index (κ2) is 5.58. The molecule has 2 unspecified atom stereocenters. The largest absolute Gasteiger partial charge is 0.502 e. The molecule has 2 N–H and O–H groups in total. The van der Waals surface area contributed by atoms with Gasteiger partial charge in [0.25, 0.3) is 0 Å². The summed E-state index contributed by atoms with van der Waals surface area (Å²) in [6.07, 6.45) is 6.05. The molecule has 0 radical (unpaired) electrons. The van der Waals surface area contributed by atoms with Gasteiger partial charge in [0.2, 0.25) is 5.43 Å². The Hall–Kier alpha value is -1.33. The topological polar surface area (TPSA) is 65.7 Å². The van der Waals surface area contributed by atoms with E-state index in [1.807, 2.05) is 0 Å². The van der Waals surface area contributed by atoms with Crippen molar-refractivity contribution in [2.45, 2.75) is 57.3 Å².